The first-order valence-electron chi connectivity index (χ1n) is 12.9. The maximum Gasteiger partial charge on any atom is 4.00 e. The van der Waals surface area contributed by atoms with Crippen LogP contribution in [-0.2, 0) is 35.2 Å². The van der Waals surface area contributed by atoms with Crippen LogP contribution in [0.25, 0.3) is 33.5 Å². The van der Waals surface area contributed by atoms with Crippen LogP contribution in [0, 0.1) is 44.4 Å². The summed E-state index contributed by atoms with van der Waals surface area (Å²) in [6.07, 6.45) is 10.9. The summed E-state index contributed by atoms with van der Waals surface area (Å²) in [5, 5.41) is 6.25. The van der Waals surface area contributed by atoms with Gasteiger partial charge in [0, 0.05) is 12.4 Å². The minimum absolute atomic E-state index is 0. The van der Waals surface area contributed by atoms with Gasteiger partial charge in [-0.3, -0.25) is 0 Å². The van der Waals surface area contributed by atoms with Gasteiger partial charge in [-0.15, -0.1) is 5.56 Å². The van der Waals surface area contributed by atoms with E-state index < -0.39 is 0 Å². The van der Waals surface area contributed by atoms with E-state index >= 15 is 0 Å². The number of nitrogens with zero attached hydrogens (tertiary/aromatic N) is 5. The van der Waals surface area contributed by atoms with E-state index in [0.717, 1.165) is 22.4 Å². The Morgan fingerprint density at radius 3 is 2.00 bits per heavy atom. The standard InChI is InChI=1S/C32H35N4.CN.Pt/c1-21(2)28-10-9-11-29(22(3)4)32(28)25-16-26(35-13-12-33(7)19-35)18-27(17-25)36-20-34(8)30-14-23(5)24(6)15-31(30)36;1-2;/h9-17,21-22H,1-8H3;;/q2*-1;+4. The number of hydrogen-bond donors (Lipinski definition) is 0. The fraction of sp³-hybridized carbons (Fsp3) is 0.303. The molecule has 0 aliphatic rings. The Labute approximate surface area is 247 Å². The fourth-order valence-corrected chi connectivity index (χ4v) is 5.03. The van der Waals surface area contributed by atoms with E-state index in [1.807, 2.05) is 28.6 Å². The molecule has 0 saturated heterocycles. The van der Waals surface area contributed by atoms with Gasteiger partial charge in [0.15, 0.2) is 0 Å². The van der Waals surface area contributed by atoms with Gasteiger partial charge in [0.05, 0.1) is 25.1 Å². The minimum Gasteiger partial charge on any atom is -0.512 e. The summed E-state index contributed by atoms with van der Waals surface area (Å²) >= 11 is 0. The van der Waals surface area contributed by atoms with Crippen molar-refractivity contribution in [2.45, 2.75) is 53.4 Å². The molecule has 39 heavy (non-hydrogen) atoms. The van der Waals surface area contributed by atoms with Gasteiger partial charge in [-0.2, -0.15) is 18.2 Å². The van der Waals surface area contributed by atoms with E-state index in [1.54, 1.807) is 0 Å². The number of rotatable bonds is 5. The summed E-state index contributed by atoms with van der Waals surface area (Å²) < 4.78 is 8.17. The molecular formula is C33H35N5Pt+2. The molecule has 0 spiro atoms. The number of fused-ring (bicyclic) bond motifs is 1. The SMILES string of the molecule is Cc1cc2c(cc1C)[n+](-c1[c-]c(-[n+]3[c-]n(C)cc3)cc(-c3c(C(C)C)cccc3C(C)C)c1)[c-]n2C.[C-]#N.[Pt+4]. The van der Waals surface area contributed by atoms with Gasteiger partial charge >= 0.3 is 21.1 Å². The van der Waals surface area contributed by atoms with Crippen LogP contribution < -0.4 is 9.13 Å². The second-order valence-corrected chi connectivity index (χ2v) is 10.6. The minimum atomic E-state index is 0. The number of imidazole rings is 2. The molecule has 5 rings (SSSR count). The molecule has 0 atom stereocenters. The molecule has 200 valence electrons. The zero-order valence-electron chi connectivity index (χ0n) is 23.9. The van der Waals surface area contributed by atoms with Gasteiger partial charge < -0.3 is 30.1 Å². The summed E-state index contributed by atoms with van der Waals surface area (Å²) in [7, 11) is 4.05. The predicted molar refractivity (Wildman–Crippen MR) is 150 cm³/mol. The zero-order valence-corrected chi connectivity index (χ0v) is 26.2. The second kappa shape index (κ2) is 12.1. The van der Waals surface area contributed by atoms with Gasteiger partial charge in [0.1, 0.15) is 0 Å². The molecular weight excluding hydrogens is 661 g/mol. The molecule has 0 N–H and O–H groups in total. The normalized spacial score (nSPS) is 11.0. The second-order valence-electron chi connectivity index (χ2n) is 10.6. The van der Waals surface area contributed by atoms with Gasteiger partial charge in [-0.1, -0.05) is 80.5 Å². The molecule has 0 fully saturated rings. The Hall–Kier alpha value is -3.48. The Kier molecular flexibility index (Phi) is 9.36. The maximum absolute atomic E-state index is 6.25. The van der Waals surface area contributed by atoms with Crippen LogP contribution in [0.1, 0.15) is 61.8 Å². The molecule has 2 aromatic heterocycles. The van der Waals surface area contributed by atoms with Crippen LogP contribution in [0.3, 0.4) is 0 Å². The van der Waals surface area contributed by atoms with Gasteiger partial charge in [-0.05, 0) is 42.4 Å². The molecule has 3 aromatic carbocycles. The van der Waals surface area contributed by atoms with E-state index in [-0.39, 0.29) is 21.1 Å². The summed E-state index contributed by atoms with van der Waals surface area (Å²) in [5.41, 5.74) is 12.0. The molecule has 6 heteroatoms. The fourth-order valence-electron chi connectivity index (χ4n) is 5.03. The first kappa shape index (κ1) is 30.1. The van der Waals surface area contributed by atoms with Gasteiger partial charge in [-0.25, -0.2) is 0 Å². The topological polar surface area (TPSA) is 41.4 Å². The molecule has 0 amide bonds. The van der Waals surface area contributed by atoms with Gasteiger partial charge in [0.2, 0.25) is 12.7 Å². The third kappa shape index (κ3) is 5.77. The van der Waals surface area contributed by atoms with Crippen molar-refractivity contribution in [3.05, 3.63) is 102 Å². The zero-order chi connectivity index (χ0) is 27.7. The van der Waals surface area contributed by atoms with Gasteiger partial charge in [0.25, 0.3) is 0 Å². The smallest absolute Gasteiger partial charge is 0.512 e. The molecule has 0 radical (unpaired) electrons. The van der Waals surface area contributed by atoms with Crippen LogP contribution >= 0.6 is 0 Å². The first-order chi connectivity index (χ1) is 18.1. The molecule has 0 aliphatic carbocycles. The quantitative estimate of drug-likeness (QED) is 0.162. The molecule has 0 saturated carbocycles. The van der Waals surface area contributed by atoms with Crippen molar-refractivity contribution in [3.63, 3.8) is 0 Å². The van der Waals surface area contributed by atoms with Crippen molar-refractivity contribution in [2.24, 2.45) is 14.1 Å². The largest absolute Gasteiger partial charge is 4.00 e. The van der Waals surface area contributed by atoms with E-state index in [4.69, 9.17) is 11.8 Å². The van der Waals surface area contributed by atoms with Crippen LogP contribution in [0.5, 0.6) is 0 Å². The van der Waals surface area contributed by atoms with Crippen molar-refractivity contribution in [1.82, 2.24) is 9.13 Å². The van der Waals surface area contributed by atoms with E-state index in [2.05, 4.69) is 119 Å². The number of hydrogen-bond acceptors (Lipinski definition) is 1. The molecule has 0 bridgehead atoms. The average molecular weight is 697 g/mol. The Morgan fingerprint density at radius 1 is 0.846 bits per heavy atom. The van der Waals surface area contributed by atoms with Crippen LogP contribution in [0.2, 0.25) is 0 Å². The third-order valence-corrected chi connectivity index (χ3v) is 7.15. The summed E-state index contributed by atoms with van der Waals surface area (Å²) in [4.78, 5) is 0. The Bertz CT molecular complexity index is 1610. The Morgan fingerprint density at radius 2 is 1.44 bits per heavy atom. The summed E-state index contributed by atoms with van der Waals surface area (Å²) in [6.45, 7) is 18.2. The van der Waals surface area contributed by atoms with E-state index in [1.165, 1.54) is 33.4 Å². The van der Waals surface area contributed by atoms with Crippen molar-refractivity contribution >= 4 is 11.0 Å². The van der Waals surface area contributed by atoms with Crippen molar-refractivity contribution in [1.29, 1.82) is 5.26 Å². The monoisotopic (exact) mass is 696 g/mol. The van der Waals surface area contributed by atoms with E-state index in [0.29, 0.717) is 11.8 Å². The summed E-state index contributed by atoms with van der Waals surface area (Å²) in [6, 6.07) is 19.4. The van der Waals surface area contributed by atoms with Crippen molar-refractivity contribution in [2.75, 3.05) is 0 Å². The first-order valence-corrected chi connectivity index (χ1v) is 12.9. The number of benzene rings is 3. The van der Waals surface area contributed by atoms with Crippen molar-refractivity contribution in [3.8, 4) is 22.5 Å². The predicted octanol–water partition coefficient (Wildman–Crippen LogP) is 6.10. The Balaban J connectivity index is 0.00000137. The van der Waals surface area contributed by atoms with Crippen LogP contribution in [0.4, 0.5) is 0 Å². The molecule has 5 nitrogen and oxygen atoms in total. The van der Waals surface area contributed by atoms with Crippen LogP contribution in [0.15, 0.2) is 54.9 Å². The average Bonchev–Trinajstić information content (AvgIpc) is 3.48. The molecule has 2 heterocycles. The number of aromatic nitrogens is 4. The van der Waals surface area contributed by atoms with Crippen molar-refractivity contribution < 1.29 is 30.2 Å². The molecule has 5 aromatic rings. The maximum atomic E-state index is 6.25. The van der Waals surface area contributed by atoms with E-state index in [9.17, 15) is 0 Å². The van der Waals surface area contributed by atoms with Crippen LogP contribution in [-0.4, -0.2) is 9.13 Å². The summed E-state index contributed by atoms with van der Waals surface area (Å²) in [5.74, 6) is 0.821. The molecule has 0 unspecified atom stereocenters. The number of aryl methyl sites for hydroxylation is 4. The molecule has 0 aliphatic heterocycles. The third-order valence-electron chi connectivity index (χ3n) is 7.15.